The highest BCUT2D eigenvalue weighted by molar-refractivity contribution is 5.72. The molecular formula is C38H51F3O9. The van der Waals surface area contributed by atoms with Crippen molar-refractivity contribution in [2.45, 2.75) is 123 Å². The van der Waals surface area contributed by atoms with Gasteiger partial charge in [0.05, 0.1) is 5.92 Å². The van der Waals surface area contributed by atoms with Crippen LogP contribution in [0.2, 0.25) is 0 Å². The number of alkyl halides is 3. The van der Waals surface area contributed by atoms with Gasteiger partial charge in [0.2, 0.25) is 0 Å². The van der Waals surface area contributed by atoms with Gasteiger partial charge in [0.25, 0.3) is 0 Å². The second kappa shape index (κ2) is 13.8. The molecule has 2 unspecified atom stereocenters. The van der Waals surface area contributed by atoms with Crippen molar-refractivity contribution in [3.05, 3.63) is 35.9 Å². The standard InChI is InChI=1S/C38H51F3O9/c1-20(16-30(34(45)46)37(47,38(39,40)41)24-10-8-7-9-11-24)27-12-13-28-33-29(19-32(36(27,28)6)50-23(4)44)35(5)15-14-26(48-21(2)42)17-25(35)18-31(33)49-22(3)43/h7-11,20,25-33,47H,12-19H2,1-6H3,(H,45,46)/t20-,25+,26-,27-,28+,29+,30?,31-,32+,33+,35+,36-,37?/m1/s1. The Hall–Kier alpha value is -3.15. The van der Waals surface area contributed by atoms with E-state index >= 15 is 0 Å². The van der Waals surface area contributed by atoms with Crippen molar-refractivity contribution in [2.75, 3.05) is 0 Å². The molecule has 0 aromatic heterocycles. The summed E-state index contributed by atoms with van der Waals surface area (Å²) in [6.07, 6.45) is -2.87. The summed E-state index contributed by atoms with van der Waals surface area (Å²) in [5, 5.41) is 21.6. The van der Waals surface area contributed by atoms with Gasteiger partial charge >= 0.3 is 30.1 Å². The molecule has 278 valence electrons. The molecule has 9 nitrogen and oxygen atoms in total. The molecule has 12 heteroatoms. The zero-order valence-corrected chi connectivity index (χ0v) is 29.7. The average Bonchev–Trinajstić information content (AvgIpc) is 3.37. The lowest BCUT2D eigenvalue weighted by Crippen LogP contribution is -2.63. The summed E-state index contributed by atoms with van der Waals surface area (Å²) in [4.78, 5) is 49.7. The van der Waals surface area contributed by atoms with Crippen LogP contribution in [0, 0.1) is 52.3 Å². The second-order valence-corrected chi connectivity index (χ2v) is 16.0. The second-order valence-electron chi connectivity index (χ2n) is 16.0. The lowest BCUT2D eigenvalue weighted by Gasteiger charge is -2.64. The molecule has 0 aliphatic heterocycles. The number of carbonyl (C=O) groups excluding carboxylic acids is 3. The number of carboxylic acid groups (broad SMARTS) is 1. The van der Waals surface area contributed by atoms with E-state index in [1.807, 2.05) is 6.92 Å². The van der Waals surface area contributed by atoms with Gasteiger partial charge in [-0.25, -0.2) is 0 Å². The fraction of sp³-hybridized carbons (Fsp3) is 0.737. The molecule has 5 rings (SSSR count). The Balaban J connectivity index is 1.52. The number of carboxylic acids is 1. The van der Waals surface area contributed by atoms with Crippen LogP contribution in [0.5, 0.6) is 0 Å². The summed E-state index contributed by atoms with van der Waals surface area (Å²) >= 11 is 0. The fourth-order valence-electron chi connectivity index (χ4n) is 11.4. The summed E-state index contributed by atoms with van der Waals surface area (Å²) in [6.45, 7) is 10.0. The monoisotopic (exact) mass is 708 g/mol. The van der Waals surface area contributed by atoms with Crippen LogP contribution in [0.3, 0.4) is 0 Å². The molecule has 0 spiro atoms. The summed E-state index contributed by atoms with van der Waals surface area (Å²) in [6, 6.07) is 6.33. The first-order chi connectivity index (χ1) is 23.2. The Morgan fingerprint density at radius 1 is 0.880 bits per heavy atom. The molecule has 0 bridgehead atoms. The van der Waals surface area contributed by atoms with Crippen molar-refractivity contribution in [2.24, 2.45) is 52.3 Å². The van der Waals surface area contributed by atoms with Crippen molar-refractivity contribution >= 4 is 23.9 Å². The van der Waals surface area contributed by atoms with Crippen LogP contribution in [-0.4, -0.2) is 58.6 Å². The largest absolute Gasteiger partial charge is 0.481 e. The highest BCUT2D eigenvalue weighted by Gasteiger charge is 2.69. The molecule has 0 saturated heterocycles. The molecule has 0 heterocycles. The Bertz CT molecular complexity index is 1450. The predicted octanol–water partition coefficient (Wildman–Crippen LogP) is 6.84. The third-order valence-electron chi connectivity index (χ3n) is 13.5. The zero-order valence-electron chi connectivity index (χ0n) is 29.7. The van der Waals surface area contributed by atoms with Gasteiger partial charge in [-0.2, -0.15) is 13.2 Å². The molecule has 1 aromatic carbocycles. The lowest BCUT2D eigenvalue weighted by molar-refractivity contribution is -0.288. The predicted molar refractivity (Wildman–Crippen MR) is 174 cm³/mol. The Labute approximate surface area is 291 Å². The number of halogens is 3. The molecule has 0 amide bonds. The molecule has 1 aromatic rings. The summed E-state index contributed by atoms with van der Waals surface area (Å²) in [7, 11) is 0. The number of hydrogen-bond donors (Lipinski definition) is 2. The van der Waals surface area contributed by atoms with E-state index in [0.29, 0.717) is 38.5 Å². The lowest BCUT2D eigenvalue weighted by atomic mass is 9.43. The van der Waals surface area contributed by atoms with E-state index < -0.39 is 71.1 Å². The van der Waals surface area contributed by atoms with Crippen LogP contribution in [0.4, 0.5) is 13.2 Å². The number of aliphatic carboxylic acids is 1. The van der Waals surface area contributed by atoms with Gasteiger partial charge in [-0.05, 0) is 91.9 Å². The SMILES string of the molecule is CC(=O)O[C@@H]1CC[C@@]2(C)[C@@H](C1)C[C@@H](OC(C)=O)[C@@H]1[C@@H]2C[C@H](OC(C)=O)[C@]2(C)[C@@H]([C@H](C)CC(C(=O)O)C(O)(c3ccccc3)C(F)(F)F)CC[C@@H]12. The van der Waals surface area contributed by atoms with Crippen LogP contribution < -0.4 is 0 Å². The van der Waals surface area contributed by atoms with Crippen molar-refractivity contribution in [3.63, 3.8) is 0 Å². The van der Waals surface area contributed by atoms with Crippen LogP contribution in [0.15, 0.2) is 30.3 Å². The van der Waals surface area contributed by atoms with E-state index in [9.17, 15) is 42.6 Å². The molecule has 2 N–H and O–H groups in total. The average molecular weight is 709 g/mol. The van der Waals surface area contributed by atoms with Crippen LogP contribution >= 0.6 is 0 Å². The van der Waals surface area contributed by atoms with Gasteiger partial charge in [0, 0.05) is 32.1 Å². The minimum absolute atomic E-state index is 0.0273. The van der Waals surface area contributed by atoms with Crippen molar-refractivity contribution in [1.29, 1.82) is 0 Å². The van der Waals surface area contributed by atoms with E-state index in [2.05, 4.69) is 6.92 Å². The number of ether oxygens (including phenoxy) is 3. The molecule has 4 saturated carbocycles. The van der Waals surface area contributed by atoms with E-state index in [0.717, 1.165) is 18.6 Å². The first kappa shape index (κ1) is 38.1. The van der Waals surface area contributed by atoms with Gasteiger partial charge in [-0.1, -0.05) is 51.1 Å². The van der Waals surface area contributed by atoms with Gasteiger partial charge in [0.1, 0.15) is 18.3 Å². The molecule has 0 radical (unpaired) electrons. The van der Waals surface area contributed by atoms with E-state index in [1.54, 1.807) is 6.92 Å². The van der Waals surface area contributed by atoms with Gasteiger partial charge < -0.3 is 24.4 Å². The van der Waals surface area contributed by atoms with E-state index in [1.165, 1.54) is 39.0 Å². The third kappa shape index (κ3) is 6.54. The van der Waals surface area contributed by atoms with Crippen LogP contribution in [-0.2, 0) is 39.0 Å². The number of esters is 3. The first-order valence-electron chi connectivity index (χ1n) is 17.8. The van der Waals surface area contributed by atoms with Crippen molar-refractivity contribution in [1.82, 2.24) is 0 Å². The number of fused-ring (bicyclic) bond motifs is 5. The number of benzene rings is 1. The molecule has 4 aliphatic rings. The highest BCUT2D eigenvalue weighted by atomic mass is 19.4. The maximum Gasteiger partial charge on any atom is 0.422 e. The summed E-state index contributed by atoms with van der Waals surface area (Å²) < 4.78 is 62.0. The van der Waals surface area contributed by atoms with Gasteiger partial charge in [0.15, 0.2) is 5.60 Å². The van der Waals surface area contributed by atoms with Crippen LogP contribution in [0.1, 0.15) is 98.5 Å². The Morgan fingerprint density at radius 3 is 2.06 bits per heavy atom. The molecule has 4 fully saturated rings. The summed E-state index contributed by atoms with van der Waals surface area (Å²) in [5.74, 6) is -6.46. The number of carbonyl (C=O) groups is 4. The number of rotatable bonds is 9. The highest BCUT2D eigenvalue weighted by Crippen LogP contribution is 2.69. The molecule has 50 heavy (non-hydrogen) atoms. The normalized spacial score (nSPS) is 37.5. The van der Waals surface area contributed by atoms with Gasteiger partial charge in [-0.15, -0.1) is 0 Å². The van der Waals surface area contributed by atoms with E-state index in [-0.39, 0.29) is 47.1 Å². The van der Waals surface area contributed by atoms with E-state index in [4.69, 9.17) is 14.2 Å². The zero-order chi connectivity index (χ0) is 37.0. The quantitative estimate of drug-likeness (QED) is 0.209. The maximum atomic E-state index is 14.7. The maximum absolute atomic E-state index is 14.7. The Kier molecular flexibility index (Phi) is 10.5. The molecule has 4 aliphatic carbocycles. The molecular weight excluding hydrogens is 657 g/mol. The van der Waals surface area contributed by atoms with Crippen LogP contribution in [0.25, 0.3) is 0 Å². The molecule has 13 atom stereocenters. The van der Waals surface area contributed by atoms with Crippen molar-refractivity contribution < 1.29 is 56.8 Å². The fourth-order valence-corrected chi connectivity index (χ4v) is 11.4. The minimum Gasteiger partial charge on any atom is -0.481 e. The number of aliphatic hydroxyl groups is 1. The smallest absolute Gasteiger partial charge is 0.422 e. The van der Waals surface area contributed by atoms with Gasteiger partial charge in [-0.3, -0.25) is 19.2 Å². The Morgan fingerprint density at radius 2 is 1.50 bits per heavy atom. The summed E-state index contributed by atoms with van der Waals surface area (Å²) in [5.41, 5.74) is -5.21. The van der Waals surface area contributed by atoms with Crippen molar-refractivity contribution in [3.8, 4) is 0 Å². The first-order valence-corrected chi connectivity index (χ1v) is 17.8. The topological polar surface area (TPSA) is 136 Å². The third-order valence-corrected chi connectivity index (χ3v) is 13.5. The number of hydrogen-bond acceptors (Lipinski definition) is 8. The minimum atomic E-state index is -5.28.